The molecule has 0 radical (unpaired) electrons. The van der Waals surface area contributed by atoms with Crippen LogP contribution in [0.5, 0.6) is 0 Å². The van der Waals surface area contributed by atoms with Gasteiger partial charge in [0, 0.05) is 19.3 Å². The fourth-order valence-corrected chi connectivity index (χ4v) is 10.3. The van der Waals surface area contributed by atoms with Crippen molar-refractivity contribution in [2.75, 3.05) is 13.2 Å². The van der Waals surface area contributed by atoms with Gasteiger partial charge in [-0.25, -0.2) is 0 Å². The third kappa shape index (κ3) is 62.5. The van der Waals surface area contributed by atoms with E-state index in [4.69, 9.17) is 14.2 Å². The molecule has 1 atom stereocenters. The number of carbonyl (C=O) groups excluding carboxylic acids is 3. The van der Waals surface area contributed by atoms with E-state index < -0.39 is 6.10 Å². The highest BCUT2D eigenvalue weighted by atomic mass is 16.6. The summed E-state index contributed by atoms with van der Waals surface area (Å²) >= 11 is 0. The second kappa shape index (κ2) is 65.2. The molecule has 0 saturated heterocycles. The summed E-state index contributed by atoms with van der Waals surface area (Å²) in [6.07, 6.45) is 80.2. The maximum absolute atomic E-state index is 12.9. The average molecular weight is 1070 g/mol. The normalized spacial score (nSPS) is 12.2. The Morgan fingerprint density at radius 2 is 0.474 bits per heavy atom. The predicted octanol–water partition coefficient (Wildman–Crippen LogP) is 23.2. The summed E-state index contributed by atoms with van der Waals surface area (Å²) in [6, 6.07) is 0. The van der Waals surface area contributed by atoms with Crippen molar-refractivity contribution < 1.29 is 28.6 Å². The number of ether oxygens (including phenoxy) is 3. The van der Waals surface area contributed by atoms with Crippen LogP contribution in [0.3, 0.4) is 0 Å². The fraction of sp³-hybridized carbons (Fsp3) is 0.871. The van der Waals surface area contributed by atoms with E-state index in [-0.39, 0.29) is 31.1 Å². The van der Waals surface area contributed by atoms with Crippen molar-refractivity contribution in [2.24, 2.45) is 0 Å². The van der Waals surface area contributed by atoms with Crippen molar-refractivity contribution in [3.63, 3.8) is 0 Å². The molecule has 0 heterocycles. The van der Waals surface area contributed by atoms with Crippen LogP contribution in [0.2, 0.25) is 0 Å². The molecule has 0 rings (SSSR count). The van der Waals surface area contributed by atoms with E-state index in [2.05, 4.69) is 57.2 Å². The molecule has 1 unspecified atom stereocenters. The van der Waals surface area contributed by atoms with Gasteiger partial charge in [0.25, 0.3) is 0 Å². The lowest BCUT2D eigenvalue weighted by molar-refractivity contribution is -0.167. The Morgan fingerprint density at radius 1 is 0.263 bits per heavy atom. The summed E-state index contributed by atoms with van der Waals surface area (Å²) in [7, 11) is 0. The topological polar surface area (TPSA) is 78.9 Å². The predicted molar refractivity (Wildman–Crippen MR) is 330 cm³/mol. The average Bonchev–Trinajstić information content (AvgIpc) is 3.42. The maximum atomic E-state index is 12.9. The first-order valence-corrected chi connectivity index (χ1v) is 34.0. The van der Waals surface area contributed by atoms with Gasteiger partial charge in [-0.15, -0.1) is 0 Å². The van der Waals surface area contributed by atoms with Crippen molar-refractivity contribution in [1.29, 1.82) is 0 Å². The SMILES string of the molecule is CCCCCCC/C=C\C/C=C\C/C=C\CCCCCCCCCCC(=O)OCC(COC(=O)CCCCCCCCCCCCCC)OC(=O)CCCCCCCCCCCCCCCCCCCCCCCCC. The first kappa shape index (κ1) is 73.6. The first-order valence-electron chi connectivity index (χ1n) is 34.0. The van der Waals surface area contributed by atoms with Gasteiger partial charge in [-0.1, -0.05) is 333 Å². The number of allylic oxidation sites excluding steroid dienone is 6. The molecule has 0 amide bonds. The molecule has 0 aliphatic carbocycles. The molecule has 0 aromatic carbocycles. The van der Waals surface area contributed by atoms with Gasteiger partial charge in [0.15, 0.2) is 6.10 Å². The molecule has 0 spiro atoms. The van der Waals surface area contributed by atoms with E-state index in [1.807, 2.05) is 0 Å². The lowest BCUT2D eigenvalue weighted by atomic mass is 10.0. The number of unbranched alkanes of at least 4 members (excludes halogenated alkanes) is 46. The van der Waals surface area contributed by atoms with Gasteiger partial charge in [-0.2, -0.15) is 0 Å². The molecule has 0 aromatic heterocycles. The van der Waals surface area contributed by atoms with Gasteiger partial charge in [0.1, 0.15) is 13.2 Å². The highest BCUT2D eigenvalue weighted by Gasteiger charge is 2.19. The van der Waals surface area contributed by atoms with Gasteiger partial charge < -0.3 is 14.2 Å². The maximum Gasteiger partial charge on any atom is 0.306 e. The van der Waals surface area contributed by atoms with Crippen LogP contribution >= 0.6 is 0 Å². The molecule has 0 N–H and O–H groups in total. The summed E-state index contributed by atoms with van der Waals surface area (Å²) in [5, 5.41) is 0. The molecule has 6 heteroatoms. The molecule has 76 heavy (non-hydrogen) atoms. The van der Waals surface area contributed by atoms with Crippen LogP contribution in [0, 0.1) is 0 Å². The van der Waals surface area contributed by atoms with Crippen molar-refractivity contribution in [3.8, 4) is 0 Å². The lowest BCUT2D eigenvalue weighted by Crippen LogP contribution is -2.30. The smallest absolute Gasteiger partial charge is 0.306 e. The number of carbonyl (C=O) groups is 3. The Bertz CT molecular complexity index is 1270. The minimum Gasteiger partial charge on any atom is -0.462 e. The van der Waals surface area contributed by atoms with Crippen molar-refractivity contribution in [2.45, 2.75) is 380 Å². The highest BCUT2D eigenvalue weighted by molar-refractivity contribution is 5.71. The second-order valence-electron chi connectivity index (χ2n) is 23.1. The molecule has 0 bridgehead atoms. The van der Waals surface area contributed by atoms with Gasteiger partial charge in [-0.05, 0) is 57.8 Å². The van der Waals surface area contributed by atoms with Crippen LogP contribution in [-0.4, -0.2) is 37.2 Å². The van der Waals surface area contributed by atoms with E-state index >= 15 is 0 Å². The van der Waals surface area contributed by atoms with Gasteiger partial charge in [-0.3, -0.25) is 14.4 Å². The van der Waals surface area contributed by atoms with E-state index in [9.17, 15) is 14.4 Å². The van der Waals surface area contributed by atoms with Gasteiger partial charge in [0.05, 0.1) is 0 Å². The molecule has 0 aliphatic heterocycles. The van der Waals surface area contributed by atoms with E-state index in [1.54, 1.807) is 0 Å². The molecular weight excluding hydrogens is 937 g/mol. The van der Waals surface area contributed by atoms with Gasteiger partial charge >= 0.3 is 17.9 Å². The minimum absolute atomic E-state index is 0.0689. The van der Waals surface area contributed by atoms with Crippen LogP contribution in [0.25, 0.3) is 0 Å². The standard InChI is InChI=1S/C70H130O6/c1-4-7-10-13-16-19-22-25-27-29-31-33-35-37-39-41-43-45-48-51-54-57-60-63-69(72)75-66-67(65-74-68(71)62-59-56-53-50-47-24-21-18-15-12-9-6-3)76-70(73)64-61-58-55-52-49-46-44-42-40-38-36-34-32-30-28-26-23-20-17-14-11-8-5-2/h22,25,29,31,35,37,67H,4-21,23-24,26-28,30,32-34,36,38-66H2,1-3H3/b25-22-,31-29-,37-35-. The summed E-state index contributed by atoms with van der Waals surface area (Å²) in [4.78, 5) is 38.3. The number of hydrogen-bond donors (Lipinski definition) is 0. The lowest BCUT2D eigenvalue weighted by Gasteiger charge is -2.18. The van der Waals surface area contributed by atoms with Crippen LogP contribution in [0.1, 0.15) is 374 Å². The zero-order chi connectivity index (χ0) is 55.0. The van der Waals surface area contributed by atoms with E-state index in [1.165, 1.54) is 257 Å². The van der Waals surface area contributed by atoms with Crippen LogP contribution in [0.4, 0.5) is 0 Å². The summed E-state index contributed by atoms with van der Waals surface area (Å²) in [5.41, 5.74) is 0. The molecule has 0 fully saturated rings. The van der Waals surface area contributed by atoms with Crippen LogP contribution in [-0.2, 0) is 28.6 Å². The third-order valence-corrected chi connectivity index (χ3v) is 15.4. The largest absolute Gasteiger partial charge is 0.462 e. The van der Waals surface area contributed by atoms with E-state index in [0.717, 1.165) is 77.0 Å². The van der Waals surface area contributed by atoms with Crippen LogP contribution < -0.4 is 0 Å². The number of rotatable bonds is 63. The monoisotopic (exact) mass is 1070 g/mol. The molecule has 0 saturated carbocycles. The van der Waals surface area contributed by atoms with Crippen molar-refractivity contribution in [1.82, 2.24) is 0 Å². The Morgan fingerprint density at radius 3 is 0.737 bits per heavy atom. The Balaban J connectivity index is 4.25. The van der Waals surface area contributed by atoms with Crippen molar-refractivity contribution in [3.05, 3.63) is 36.5 Å². The Kier molecular flexibility index (Phi) is 63.1. The molecular formula is C70H130O6. The number of hydrogen-bond acceptors (Lipinski definition) is 6. The fourth-order valence-electron chi connectivity index (χ4n) is 10.3. The highest BCUT2D eigenvalue weighted by Crippen LogP contribution is 2.18. The Hall–Kier alpha value is -2.37. The molecule has 6 nitrogen and oxygen atoms in total. The zero-order valence-corrected chi connectivity index (χ0v) is 51.3. The molecule has 0 aliphatic rings. The summed E-state index contributed by atoms with van der Waals surface area (Å²) < 4.78 is 17.0. The quantitative estimate of drug-likeness (QED) is 0.0261. The molecule has 0 aromatic rings. The van der Waals surface area contributed by atoms with Crippen molar-refractivity contribution >= 4 is 17.9 Å². The van der Waals surface area contributed by atoms with Crippen LogP contribution in [0.15, 0.2) is 36.5 Å². The van der Waals surface area contributed by atoms with E-state index in [0.29, 0.717) is 19.3 Å². The third-order valence-electron chi connectivity index (χ3n) is 15.4. The Labute approximate surface area is 474 Å². The number of esters is 3. The zero-order valence-electron chi connectivity index (χ0n) is 51.3. The van der Waals surface area contributed by atoms with Gasteiger partial charge in [0.2, 0.25) is 0 Å². The summed E-state index contributed by atoms with van der Waals surface area (Å²) in [6.45, 7) is 6.69. The molecule has 446 valence electrons. The minimum atomic E-state index is -0.772. The second-order valence-corrected chi connectivity index (χ2v) is 23.1. The first-order chi connectivity index (χ1) is 37.5. The summed E-state index contributed by atoms with van der Waals surface area (Å²) in [5.74, 6) is -0.849.